The zero-order valence-corrected chi connectivity index (χ0v) is 16.4. The highest BCUT2D eigenvalue weighted by Gasteiger charge is 2.26. The van der Waals surface area contributed by atoms with E-state index in [0.29, 0.717) is 24.8 Å². The Balaban J connectivity index is 1.49. The standard InChI is InChI=1S/C20H19N5O5/c1-12-7-13(2)24(23-12)19-4-3-14(10-21-19)11-22-20(26)15-8-17-18(30-6-5-29-17)9-16(15)25(27)28/h3-4,7-10H,5-6,11H2,1-2H3,(H,22,26). The number of rotatable bonds is 5. The van der Waals surface area contributed by atoms with Gasteiger partial charge in [-0.25, -0.2) is 9.67 Å². The first-order valence-electron chi connectivity index (χ1n) is 9.27. The minimum Gasteiger partial charge on any atom is -0.486 e. The molecule has 10 heteroatoms. The number of hydrogen-bond acceptors (Lipinski definition) is 7. The van der Waals surface area contributed by atoms with Gasteiger partial charge in [0, 0.05) is 24.5 Å². The highest BCUT2D eigenvalue weighted by atomic mass is 16.6. The van der Waals surface area contributed by atoms with Crippen LogP contribution < -0.4 is 14.8 Å². The van der Waals surface area contributed by atoms with Crippen LogP contribution in [0.1, 0.15) is 27.3 Å². The topological polar surface area (TPSA) is 121 Å². The Morgan fingerprint density at radius 1 is 1.20 bits per heavy atom. The van der Waals surface area contributed by atoms with Crippen LogP contribution in [0.15, 0.2) is 36.5 Å². The fourth-order valence-electron chi connectivity index (χ4n) is 3.20. The first kappa shape index (κ1) is 19.4. The van der Waals surface area contributed by atoms with Gasteiger partial charge in [0.1, 0.15) is 18.8 Å². The van der Waals surface area contributed by atoms with Crippen LogP contribution in [-0.4, -0.2) is 38.8 Å². The quantitative estimate of drug-likeness (QED) is 0.507. The number of aromatic nitrogens is 3. The van der Waals surface area contributed by atoms with Crippen molar-refractivity contribution >= 4 is 11.6 Å². The third-order valence-corrected chi connectivity index (χ3v) is 4.59. The summed E-state index contributed by atoms with van der Waals surface area (Å²) in [7, 11) is 0. The Morgan fingerprint density at radius 3 is 2.53 bits per heavy atom. The number of nitro groups is 1. The summed E-state index contributed by atoms with van der Waals surface area (Å²) in [6.07, 6.45) is 1.63. The number of aryl methyl sites for hydroxylation is 2. The Morgan fingerprint density at radius 2 is 1.93 bits per heavy atom. The molecule has 3 aromatic rings. The number of amides is 1. The molecule has 154 valence electrons. The molecule has 0 fully saturated rings. The maximum Gasteiger partial charge on any atom is 0.286 e. The van der Waals surface area contributed by atoms with Crippen molar-refractivity contribution in [2.24, 2.45) is 0 Å². The lowest BCUT2D eigenvalue weighted by atomic mass is 10.1. The van der Waals surface area contributed by atoms with E-state index in [1.54, 1.807) is 16.9 Å². The van der Waals surface area contributed by atoms with Crippen molar-refractivity contribution in [3.63, 3.8) is 0 Å². The summed E-state index contributed by atoms with van der Waals surface area (Å²) in [5.74, 6) is 0.654. The molecule has 0 bridgehead atoms. The van der Waals surface area contributed by atoms with Gasteiger partial charge in [0.25, 0.3) is 11.6 Å². The average molecular weight is 409 g/mol. The molecule has 0 radical (unpaired) electrons. The van der Waals surface area contributed by atoms with Crippen molar-refractivity contribution in [3.05, 3.63) is 69.2 Å². The van der Waals surface area contributed by atoms with Crippen molar-refractivity contribution in [3.8, 4) is 17.3 Å². The maximum absolute atomic E-state index is 12.6. The minimum absolute atomic E-state index is 0.0866. The van der Waals surface area contributed by atoms with Gasteiger partial charge in [-0.1, -0.05) is 6.07 Å². The Hall–Kier alpha value is -3.95. The highest BCUT2D eigenvalue weighted by molar-refractivity contribution is 5.99. The van der Waals surface area contributed by atoms with Crippen molar-refractivity contribution in [1.82, 2.24) is 20.1 Å². The van der Waals surface area contributed by atoms with Crippen LogP contribution in [0, 0.1) is 24.0 Å². The number of hydrogen-bond donors (Lipinski definition) is 1. The molecule has 0 atom stereocenters. The smallest absolute Gasteiger partial charge is 0.286 e. The van der Waals surface area contributed by atoms with Crippen LogP contribution in [-0.2, 0) is 6.54 Å². The number of pyridine rings is 1. The zero-order chi connectivity index (χ0) is 21.3. The van der Waals surface area contributed by atoms with Crippen LogP contribution in [0.4, 0.5) is 5.69 Å². The lowest BCUT2D eigenvalue weighted by molar-refractivity contribution is -0.385. The van der Waals surface area contributed by atoms with E-state index in [4.69, 9.17) is 9.47 Å². The van der Waals surface area contributed by atoms with E-state index in [-0.39, 0.29) is 23.5 Å². The van der Waals surface area contributed by atoms with Gasteiger partial charge in [-0.2, -0.15) is 5.10 Å². The van der Waals surface area contributed by atoms with Crippen LogP contribution >= 0.6 is 0 Å². The molecule has 1 amide bonds. The predicted molar refractivity (Wildman–Crippen MR) is 106 cm³/mol. The second kappa shape index (κ2) is 7.82. The fourth-order valence-corrected chi connectivity index (χ4v) is 3.20. The molecule has 1 aromatic carbocycles. The van der Waals surface area contributed by atoms with Crippen molar-refractivity contribution in [2.75, 3.05) is 13.2 Å². The van der Waals surface area contributed by atoms with Crippen LogP contribution in [0.5, 0.6) is 11.5 Å². The summed E-state index contributed by atoms with van der Waals surface area (Å²) in [6.45, 7) is 4.63. The first-order chi connectivity index (χ1) is 14.4. The number of carbonyl (C=O) groups is 1. The van der Waals surface area contributed by atoms with E-state index < -0.39 is 10.8 Å². The van der Waals surface area contributed by atoms with Crippen LogP contribution in [0.2, 0.25) is 0 Å². The fraction of sp³-hybridized carbons (Fsp3) is 0.250. The number of nitrogens with zero attached hydrogens (tertiary/aromatic N) is 4. The summed E-state index contributed by atoms with van der Waals surface area (Å²) in [4.78, 5) is 27.8. The van der Waals surface area contributed by atoms with E-state index >= 15 is 0 Å². The molecule has 30 heavy (non-hydrogen) atoms. The second-order valence-electron chi connectivity index (χ2n) is 6.82. The number of nitrogens with one attached hydrogen (secondary N) is 1. The molecular formula is C20H19N5O5. The lowest BCUT2D eigenvalue weighted by Crippen LogP contribution is -2.24. The first-order valence-corrected chi connectivity index (χ1v) is 9.27. The molecular weight excluding hydrogens is 390 g/mol. The molecule has 1 aliphatic rings. The molecule has 1 N–H and O–H groups in total. The number of carbonyl (C=O) groups excluding carboxylic acids is 1. The predicted octanol–water partition coefficient (Wildman–Crippen LogP) is 2.49. The molecule has 4 rings (SSSR count). The Labute approximate surface area is 171 Å². The van der Waals surface area contributed by atoms with Crippen LogP contribution in [0.25, 0.3) is 5.82 Å². The highest BCUT2D eigenvalue weighted by Crippen LogP contribution is 2.36. The number of fused-ring (bicyclic) bond motifs is 1. The van der Waals surface area contributed by atoms with E-state index in [9.17, 15) is 14.9 Å². The van der Waals surface area contributed by atoms with Gasteiger partial charge in [0.2, 0.25) is 0 Å². The van der Waals surface area contributed by atoms with Gasteiger partial charge in [-0.05, 0) is 31.5 Å². The zero-order valence-electron chi connectivity index (χ0n) is 16.4. The summed E-state index contributed by atoms with van der Waals surface area (Å²) in [6, 6.07) is 8.13. The molecule has 3 heterocycles. The number of ether oxygens (including phenoxy) is 2. The molecule has 0 saturated carbocycles. The van der Waals surface area contributed by atoms with Crippen molar-refractivity contribution < 1.29 is 19.2 Å². The molecule has 0 saturated heterocycles. The molecule has 10 nitrogen and oxygen atoms in total. The van der Waals surface area contributed by atoms with Crippen LogP contribution in [0.3, 0.4) is 0 Å². The van der Waals surface area contributed by atoms with E-state index in [0.717, 1.165) is 17.0 Å². The van der Waals surface area contributed by atoms with Gasteiger partial charge < -0.3 is 14.8 Å². The Bertz CT molecular complexity index is 1120. The minimum atomic E-state index is -0.613. The lowest BCUT2D eigenvalue weighted by Gasteiger charge is -2.18. The van der Waals surface area contributed by atoms with Gasteiger partial charge in [-0.3, -0.25) is 14.9 Å². The van der Waals surface area contributed by atoms with Gasteiger partial charge >= 0.3 is 0 Å². The van der Waals surface area contributed by atoms with Crippen molar-refractivity contribution in [1.29, 1.82) is 0 Å². The molecule has 0 spiro atoms. The largest absolute Gasteiger partial charge is 0.486 e. The molecule has 2 aromatic heterocycles. The molecule has 0 aliphatic carbocycles. The van der Waals surface area contributed by atoms with E-state index in [1.807, 2.05) is 26.0 Å². The summed E-state index contributed by atoms with van der Waals surface area (Å²) < 4.78 is 12.5. The van der Waals surface area contributed by atoms with E-state index in [1.165, 1.54) is 12.1 Å². The summed E-state index contributed by atoms with van der Waals surface area (Å²) in [5, 5.41) is 18.5. The summed E-state index contributed by atoms with van der Waals surface area (Å²) in [5.41, 5.74) is 2.18. The molecule has 1 aliphatic heterocycles. The monoisotopic (exact) mass is 409 g/mol. The SMILES string of the molecule is Cc1cc(C)n(-c2ccc(CNC(=O)c3cc4c(cc3[N+](=O)[O-])OCCO4)cn2)n1. The maximum atomic E-state index is 12.6. The molecule has 0 unspecified atom stereocenters. The average Bonchev–Trinajstić information content (AvgIpc) is 3.09. The van der Waals surface area contributed by atoms with Gasteiger partial charge in [0.05, 0.1) is 16.7 Å². The normalized spacial score (nSPS) is 12.5. The Kier molecular flexibility index (Phi) is 5.05. The van der Waals surface area contributed by atoms with E-state index in [2.05, 4.69) is 15.4 Å². The third-order valence-electron chi connectivity index (χ3n) is 4.59. The van der Waals surface area contributed by atoms with Crippen molar-refractivity contribution in [2.45, 2.75) is 20.4 Å². The summed E-state index contributed by atoms with van der Waals surface area (Å²) >= 11 is 0. The third kappa shape index (κ3) is 3.79. The van der Waals surface area contributed by atoms with Gasteiger partial charge in [0.15, 0.2) is 17.3 Å². The second-order valence-corrected chi connectivity index (χ2v) is 6.82. The number of benzene rings is 1. The number of nitro benzene ring substituents is 1. The van der Waals surface area contributed by atoms with Gasteiger partial charge in [-0.15, -0.1) is 0 Å².